The van der Waals surface area contributed by atoms with Crippen molar-refractivity contribution < 1.29 is 4.79 Å². The number of amides is 1. The van der Waals surface area contributed by atoms with Crippen LogP contribution in [0.2, 0.25) is 0 Å². The third-order valence-corrected chi connectivity index (χ3v) is 3.02. The molecule has 0 aromatic heterocycles. The second-order valence-corrected chi connectivity index (χ2v) is 4.30. The first-order valence-corrected chi connectivity index (χ1v) is 5.83. The number of para-hydroxylation sites is 1. The maximum atomic E-state index is 10.9. The Kier molecular flexibility index (Phi) is 3.44. The second kappa shape index (κ2) is 5.01. The predicted octanol–water partition coefficient (Wildman–Crippen LogP) is 1.79. The van der Waals surface area contributed by atoms with Crippen molar-refractivity contribution in [3.8, 4) is 0 Å². The third kappa shape index (κ3) is 2.75. The molecule has 0 aliphatic carbocycles. The summed E-state index contributed by atoms with van der Waals surface area (Å²) >= 11 is 0. The van der Waals surface area contributed by atoms with Gasteiger partial charge in [-0.1, -0.05) is 18.2 Å². The van der Waals surface area contributed by atoms with Gasteiger partial charge >= 0.3 is 0 Å². The molecular weight excluding hydrogens is 200 g/mol. The SMILES string of the molecule is CC(=O)NC1CCN(c2ccccc2)CC1. The van der Waals surface area contributed by atoms with Crippen LogP contribution in [0.25, 0.3) is 0 Å². The van der Waals surface area contributed by atoms with Crippen molar-refractivity contribution in [2.45, 2.75) is 25.8 Å². The van der Waals surface area contributed by atoms with Crippen molar-refractivity contribution in [2.24, 2.45) is 0 Å². The fourth-order valence-electron chi connectivity index (χ4n) is 2.21. The monoisotopic (exact) mass is 218 g/mol. The second-order valence-electron chi connectivity index (χ2n) is 4.30. The Labute approximate surface area is 96.5 Å². The van der Waals surface area contributed by atoms with Gasteiger partial charge in [-0.2, -0.15) is 0 Å². The Hall–Kier alpha value is -1.51. The number of anilines is 1. The number of hydrogen-bond acceptors (Lipinski definition) is 2. The molecule has 1 amide bonds. The van der Waals surface area contributed by atoms with Crippen molar-refractivity contribution in [3.05, 3.63) is 30.3 Å². The van der Waals surface area contributed by atoms with Crippen LogP contribution in [-0.2, 0) is 4.79 Å². The predicted molar refractivity (Wildman–Crippen MR) is 65.5 cm³/mol. The Morgan fingerprint density at radius 2 is 1.88 bits per heavy atom. The highest BCUT2D eigenvalue weighted by Gasteiger charge is 2.19. The number of benzene rings is 1. The first kappa shape index (κ1) is 11.0. The van der Waals surface area contributed by atoms with Gasteiger partial charge in [0.2, 0.25) is 5.91 Å². The fraction of sp³-hybridized carbons (Fsp3) is 0.462. The van der Waals surface area contributed by atoms with Crippen molar-refractivity contribution in [2.75, 3.05) is 18.0 Å². The highest BCUT2D eigenvalue weighted by Crippen LogP contribution is 2.19. The highest BCUT2D eigenvalue weighted by molar-refractivity contribution is 5.73. The van der Waals surface area contributed by atoms with E-state index in [1.807, 2.05) is 6.07 Å². The fourth-order valence-corrected chi connectivity index (χ4v) is 2.21. The molecule has 1 N–H and O–H groups in total. The van der Waals surface area contributed by atoms with Gasteiger partial charge < -0.3 is 10.2 Å². The molecule has 1 aliphatic rings. The molecule has 0 saturated carbocycles. The van der Waals surface area contributed by atoms with Crippen LogP contribution in [-0.4, -0.2) is 25.0 Å². The van der Waals surface area contributed by atoms with Crippen molar-refractivity contribution in [1.29, 1.82) is 0 Å². The van der Waals surface area contributed by atoms with E-state index in [0.29, 0.717) is 6.04 Å². The number of carbonyl (C=O) groups is 1. The zero-order valence-corrected chi connectivity index (χ0v) is 9.65. The van der Waals surface area contributed by atoms with Crippen molar-refractivity contribution in [1.82, 2.24) is 5.32 Å². The van der Waals surface area contributed by atoms with Crippen LogP contribution in [0.15, 0.2) is 30.3 Å². The average molecular weight is 218 g/mol. The third-order valence-electron chi connectivity index (χ3n) is 3.02. The number of nitrogens with zero attached hydrogens (tertiary/aromatic N) is 1. The van der Waals surface area contributed by atoms with Gasteiger partial charge in [-0.25, -0.2) is 0 Å². The molecule has 0 spiro atoms. The molecule has 1 aromatic carbocycles. The van der Waals surface area contributed by atoms with Gasteiger partial charge in [0.05, 0.1) is 0 Å². The minimum atomic E-state index is 0.0816. The molecular formula is C13H18N2O. The van der Waals surface area contributed by atoms with Gasteiger partial charge in [0.25, 0.3) is 0 Å². The minimum Gasteiger partial charge on any atom is -0.371 e. The topological polar surface area (TPSA) is 32.3 Å². The molecule has 3 nitrogen and oxygen atoms in total. The van der Waals surface area contributed by atoms with Gasteiger partial charge in [0.1, 0.15) is 0 Å². The molecule has 1 aromatic rings. The summed E-state index contributed by atoms with van der Waals surface area (Å²) in [7, 11) is 0. The molecule has 0 radical (unpaired) electrons. The molecule has 16 heavy (non-hydrogen) atoms. The van der Waals surface area contributed by atoms with E-state index >= 15 is 0 Å². The van der Waals surface area contributed by atoms with Crippen molar-refractivity contribution >= 4 is 11.6 Å². The van der Waals surface area contributed by atoms with E-state index < -0.39 is 0 Å². The summed E-state index contributed by atoms with van der Waals surface area (Å²) in [6, 6.07) is 10.8. The average Bonchev–Trinajstić information content (AvgIpc) is 2.30. The summed E-state index contributed by atoms with van der Waals surface area (Å²) in [5, 5.41) is 2.99. The van der Waals surface area contributed by atoms with Gasteiger partial charge in [-0.15, -0.1) is 0 Å². The Morgan fingerprint density at radius 1 is 1.25 bits per heavy atom. The summed E-state index contributed by atoms with van der Waals surface area (Å²) < 4.78 is 0. The van der Waals surface area contributed by atoms with Crippen molar-refractivity contribution in [3.63, 3.8) is 0 Å². The smallest absolute Gasteiger partial charge is 0.217 e. The van der Waals surface area contributed by atoms with Gasteiger partial charge in [-0.05, 0) is 25.0 Å². The molecule has 1 fully saturated rings. The number of carbonyl (C=O) groups excluding carboxylic acids is 1. The maximum Gasteiger partial charge on any atom is 0.217 e. The number of piperidine rings is 1. The first-order valence-electron chi connectivity index (χ1n) is 5.83. The summed E-state index contributed by atoms with van der Waals surface area (Å²) in [5.41, 5.74) is 1.28. The van der Waals surface area contributed by atoms with Crippen LogP contribution in [0, 0.1) is 0 Å². The van der Waals surface area contributed by atoms with E-state index in [0.717, 1.165) is 25.9 Å². The summed E-state index contributed by atoms with van der Waals surface area (Å²) in [5.74, 6) is 0.0816. The standard InChI is InChI=1S/C13H18N2O/c1-11(16)14-12-7-9-15(10-8-12)13-5-3-2-4-6-13/h2-6,12H,7-10H2,1H3,(H,14,16). The summed E-state index contributed by atoms with van der Waals surface area (Å²) in [6.45, 7) is 3.63. The molecule has 86 valence electrons. The largest absolute Gasteiger partial charge is 0.371 e. The van der Waals surface area contributed by atoms with E-state index in [9.17, 15) is 4.79 Å². The van der Waals surface area contributed by atoms with Gasteiger partial charge in [0.15, 0.2) is 0 Å². The quantitative estimate of drug-likeness (QED) is 0.820. The zero-order valence-electron chi connectivity index (χ0n) is 9.65. The summed E-state index contributed by atoms with van der Waals surface area (Å²) in [6.07, 6.45) is 2.07. The van der Waals surface area contributed by atoms with Crippen LogP contribution in [0.1, 0.15) is 19.8 Å². The molecule has 0 unspecified atom stereocenters. The van der Waals surface area contributed by atoms with E-state index in [4.69, 9.17) is 0 Å². The number of hydrogen-bond donors (Lipinski definition) is 1. The lowest BCUT2D eigenvalue weighted by molar-refractivity contribution is -0.119. The van der Waals surface area contributed by atoms with Crippen LogP contribution >= 0.6 is 0 Å². The van der Waals surface area contributed by atoms with Crippen LogP contribution in [0.5, 0.6) is 0 Å². The molecule has 1 saturated heterocycles. The van der Waals surface area contributed by atoms with E-state index in [1.165, 1.54) is 5.69 Å². The molecule has 0 bridgehead atoms. The lowest BCUT2D eigenvalue weighted by atomic mass is 10.0. The maximum absolute atomic E-state index is 10.9. The molecule has 1 heterocycles. The molecule has 1 aliphatic heterocycles. The normalized spacial score (nSPS) is 17.2. The molecule has 3 heteroatoms. The van der Waals surface area contributed by atoms with Gasteiger partial charge in [0, 0.05) is 31.7 Å². The van der Waals surface area contributed by atoms with Gasteiger partial charge in [-0.3, -0.25) is 4.79 Å². The zero-order chi connectivity index (χ0) is 11.4. The molecule has 0 atom stereocenters. The number of rotatable bonds is 2. The Bertz CT molecular complexity index is 342. The lowest BCUT2D eigenvalue weighted by Crippen LogP contribution is -2.44. The number of nitrogens with one attached hydrogen (secondary N) is 1. The Balaban J connectivity index is 1.88. The van der Waals surface area contributed by atoms with E-state index in [-0.39, 0.29) is 5.91 Å². The van der Waals surface area contributed by atoms with E-state index in [2.05, 4.69) is 34.5 Å². The highest BCUT2D eigenvalue weighted by atomic mass is 16.1. The van der Waals surface area contributed by atoms with E-state index in [1.54, 1.807) is 6.92 Å². The minimum absolute atomic E-state index is 0.0816. The Morgan fingerprint density at radius 3 is 2.44 bits per heavy atom. The summed E-state index contributed by atoms with van der Waals surface area (Å²) in [4.78, 5) is 13.3. The van der Waals surface area contributed by atoms with Crippen LogP contribution < -0.4 is 10.2 Å². The molecule has 2 rings (SSSR count). The first-order chi connectivity index (χ1) is 7.75. The lowest BCUT2D eigenvalue weighted by Gasteiger charge is -2.33. The van der Waals surface area contributed by atoms with Crippen LogP contribution in [0.3, 0.4) is 0 Å². The van der Waals surface area contributed by atoms with Crippen LogP contribution in [0.4, 0.5) is 5.69 Å².